The number of rotatable bonds is 30. The van der Waals surface area contributed by atoms with E-state index in [1.807, 2.05) is 0 Å². The van der Waals surface area contributed by atoms with Gasteiger partial charge in [0.1, 0.15) is 62.4 Å². The molecule has 0 radical (unpaired) electrons. The Labute approximate surface area is 505 Å². The number of anilines is 3. The number of halogens is 2. The van der Waals surface area contributed by atoms with E-state index in [9.17, 15) is 52.4 Å². The summed E-state index contributed by atoms with van der Waals surface area (Å²) >= 11 is 0. The third-order valence-corrected chi connectivity index (χ3v) is 15.1. The fourth-order valence-electron chi connectivity index (χ4n) is 9.45. The number of alkyl halides is 2. The monoisotopic (exact) mass is 1290 g/mol. The van der Waals surface area contributed by atoms with Crippen molar-refractivity contribution in [1.82, 2.24) is 64.8 Å². The van der Waals surface area contributed by atoms with Crippen molar-refractivity contribution in [2.45, 2.75) is 114 Å². The Morgan fingerprint density at radius 3 is 2.21 bits per heavy atom. The molecular weight excluding hydrogens is 1220 g/mol. The zero-order valence-corrected chi connectivity index (χ0v) is 49.6. The first-order valence-corrected chi connectivity index (χ1v) is 29.8. The van der Waals surface area contributed by atoms with Crippen molar-refractivity contribution in [3.8, 4) is 0 Å². The average Bonchev–Trinajstić information content (AvgIpc) is 1.73. The summed E-state index contributed by atoms with van der Waals surface area (Å²) in [5.74, 6) is -4.03. The lowest BCUT2D eigenvalue weighted by molar-refractivity contribution is -0.137. The van der Waals surface area contributed by atoms with Gasteiger partial charge in [0, 0.05) is 72.9 Å². The molecule has 5 aromatic rings. The van der Waals surface area contributed by atoms with Gasteiger partial charge in [0.2, 0.25) is 23.6 Å². The Kier molecular flexibility index (Phi) is 22.6. The fourth-order valence-corrected chi connectivity index (χ4v) is 10.5. The van der Waals surface area contributed by atoms with Crippen molar-refractivity contribution in [3.05, 3.63) is 67.3 Å². The Morgan fingerprint density at radius 1 is 0.831 bits per heavy atom. The van der Waals surface area contributed by atoms with Crippen molar-refractivity contribution >= 4 is 104 Å². The molecule has 8 rings (SSSR count). The van der Waals surface area contributed by atoms with Crippen molar-refractivity contribution in [1.29, 1.82) is 0 Å². The van der Waals surface area contributed by atoms with Gasteiger partial charge in [-0.05, 0) is 42.9 Å². The summed E-state index contributed by atoms with van der Waals surface area (Å²) in [5, 5.41) is 13.0. The van der Waals surface area contributed by atoms with E-state index >= 15 is 8.78 Å². The minimum absolute atomic E-state index is 0.00250. The number of benzene rings is 1. The van der Waals surface area contributed by atoms with Crippen LogP contribution in [0, 0.1) is 5.92 Å². The predicted octanol–water partition coefficient (Wildman–Crippen LogP) is 2.15. The molecule has 7 heterocycles. The number of nitrogen functional groups attached to an aromatic ring is 1. The molecule has 0 spiro atoms. The van der Waals surface area contributed by atoms with Crippen LogP contribution in [-0.4, -0.2) is 184 Å². The molecule has 3 aliphatic heterocycles. The zero-order valence-electron chi connectivity index (χ0n) is 47.8. The van der Waals surface area contributed by atoms with Crippen LogP contribution in [0.5, 0.6) is 0 Å². The molecule has 0 bridgehead atoms. The molecule has 2 saturated heterocycles. The van der Waals surface area contributed by atoms with Gasteiger partial charge in [-0.2, -0.15) is 0 Å². The summed E-state index contributed by atoms with van der Waals surface area (Å²) < 4.78 is 91.4. The number of imidazole rings is 2. The molecular formula is C51H63F2N17O17P2+2. The molecule has 38 heteroatoms. The minimum Gasteiger partial charge on any atom is -0.445 e. The lowest BCUT2D eigenvalue weighted by Crippen LogP contribution is -2.54. The molecule has 0 saturated carbocycles. The second-order valence-corrected chi connectivity index (χ2v) is 22.3. The van der Waals surface area contributed by atoms with Crippen LogP contribution in [0.2, 0.25) is 0 Å². The van der Waals surface area contributed by atoms with Gasteiger partial charge >= 0.3 is 28.6 Å². The number of hydrogen-bond acceptors (Lipinski definition) is 23. The fraction of sp³-hybridized carbons (Fsp3) is 0.490. The van der Waals surface area contributed by atoms with E-state index in [0.717, 1.165) is 34.3 Å². The third kappa shape index (κ3) is 17.3. The van der Waals surface area contributed by atoms with E-state index in [0.29, 0.717) is 11.3 Å². The van der Waals surface area contributed by atoms with Crippen LogP contribution in [0.15, 0.2) is 61.7 Å². The number of aromatic nitrogens is 8. The number of nitrogens with one attached hydrogen (secondary N) is 5. The molecule has 3 aliphatic rings. The van der Waals surface area contributed by atoms with Gasteiger partial charge in [-0.25, -0.2) is 48.3 Å². The van der Waals surface area contributed by atoms with Crippen molar-refractivity contribution < 1.29 is 88.9 Å². The smallest absolute Gasteiger partial charge is 0.445 e. The quantitative estimate of drug-likeness (QED) is 0.0185. The minimum atomic E-state index is -3.19. The Morgan fingerprint density at radius 2 is 1.52 bits per heavy atom. The molecule has 11 atom stereocenters. The van der Waals surface area contributed by atoms with Crippen molar-refractivity contribution in [3.63, 3.8) is 0 Å². The summed E-state index contributed by atoms with van der Waals surface area (Å²) in [7, 11) is -4.89. The van der Waals surface area contributed by atoms with Crippen LogP contribution in [0.4, 0.5) is 35.7 Å². The predicted molar refractivity (Wildman–Crippen MR) is 303 cm³/mol. The average molecular weight is 1290 g/mol. The number of ether oxygens (including phenoxy) is 3. The summed E-state index contributed by atoms with van der Waals surface area (Å²) in [5.41, 5.74) is 12.3. The second kappa shape index (κ2) is 30.4. The van der Waals surface area contributed by atoms with Gasteiger partial charge in [-0.1, -0.05) is 26.0 Å². The van der Waals surface area contributed by atoms with Crippen LogP contribution in [0.25, 0.3) is 22.3 Å². The number of nitrogens with zero attached hydrogens (tertiary/aromatic N) is 10. The molecule has 2 fully saturated rings. The number of hydrogen-bond donors (Lipinski definition) is 8. The number of primary amides is 1. The lowest BCUT2D eigenvalue weighted by Gasteiger charge is -2.25. The Balaban J connectivity index is 0.780. The molecule has 4 aromatic heterocycles. The maximum absolute atomic E-state index is 16.4. The Hall–Kier alpha value is -8.76. The number of imide groups is 1. The molecule has 89 heavy (non-hydrogen) atoms. The number of carbonyl (C=O) groups excluding carboxylic acids is 8. The van der Waals surface area contributed by atoms with Crippen LogP contribution in [0.3, 0.4) is 0 Å². The topological polar surface area (TPSA) is 452 Å². The molecule has 476 valence electrons. The van der Waals surface area contributed by atoms with Gasteiger partial charge in [0.25, 0.3) is 11.8 Å². The van der Waals surface area contributed by atoms with E-state index in [-0.39, 0.29) is 98.7 Å². The zero-order chi connectivity index (χ0) is 64.1. The van der Waals surface area contributed by atoms with Gasteiger partial charge in [-0.15, -0.1) is 18.5 Å². The van der Waals surface area contributed by atoms with Crippen molar-refractivity contribution in [2.24, 2.45) is 11.7 Å². The highest BCUT2D eigenvalue weighted by Gasteiger charge is 2.54. The normalized spacial score (nSPS) is 20.8. The standard InChI is InChI=1S/C51H61F2N17O17P2/c1-26(2)38(65-34(72)14-17-68-35(73)12-13-36(68)74)47(76)64-31(6-4-15-56-50(55)77)46(75)63-28-10-8-27(9-11-28)19-82-51(78)67(3)16-5-7-33(71)66-43-40-45(60-23-58-43)70(25-62-40)49-37(53)41(32(86-49)21-83-88(79)80)87-89(81)84-20-29-18-30(52)48(85-29)69-24-61-39-42(54)57-22-59-44(39)69/h8-13,22-26,29-32,37-38,41,48-49H,4-7,14-21H2,1-3H3,(H8-2,54,55,56,57,58,59,60,63,64,65,66,71,72,75,76,77,79,80)/p+2. The highest BCUT2D eigenvalue weighted by Crippen LogP contribution is 2.42. The molecule has 11 unspecified atom stereocenters. The summed E-state index contributed by atoms with van der Waals surface area (Å²) in [6.07, 6.45) is -4.68. The van der Waals surface area contributed by atoms with Crippen molar-refractivity contribution in [2.75, 3.05) is 56.3 Å². The molecule has 0 aliphatic carbocycles. The molecule has 1 aromatic carbocycles. The maximum atomic E-state index is 16.4. The molecule has 9 amide bonds. The van der Waals surface area contributed by atoms with Gasteiger partial charge < -0.3 is 57.2 Å². The number of nitrogens with two attached hydrogens (primary N) is 2. The van der Waals surface area contributed by atoms with Crippen LogP contribution in [0.1, 0.15) is 70.4 Å². The number of carbonyl (C=O) groups is 8. The summed E-state index contributed by atoms with van der Waals surface area (Å²) in [6.45, 7) is 1.97. The first-order valence-electron chi connectivity index (χ1n) is 27.5. The van der Waals surface area contributed by atoms with E-state index in [1.54, 1.807) is 26.0 Å². The first kappa shape index (κ1) is 66.2. The van der Waals surface area contributed by atoms with Crippen LogP contribution in [-0.2, 0) is 72.3 Å². The Bertz CT molecular complexity index is 3470. The largest absolute Gasteiger partial charge is 0.697 e. The molecule has 34 nitrogen and oxygen atoms in total. The lowest BCUT2D eigenvalue weighted by atomic mass is 10.0. The van der Waals surface area contributed by atoms with Crippen LogP contribution < -0.4 is 38.1 Å². The van der Waals surface area contributed by atoms with E-state index in [1.165, 1.54) is 41.3 Å². The summed E-state index contributed by atoms with van der Waals surface area (Å²) in [6, 6.07) is 3.20. The second-order valence-electron chi connectivity index (χ2n) is 20.7. The number of fused-ring (bicyclic) bond motifs is 2. The van der Waals surface area contributed by atoms with E-state index < -0.39 is 138 Å². The van der Waals surface area contributed by atoms with E-state index in [4.69, 9.17) is 39.2 Å². The first-order chi connectivity index (χ1) is 42.5. The number of amides is 9. The van der Waals surface area contributed by atoms with Gasteiger partial charge in [0.05, 0.1) is 18.8 Å². The summed E-state index contributed by atoms with van der Waals surface area (Å²) in [4.78, 5) is 137. The SMILES string of the molecule is CC(C)C(NC(=O)CCN1C(=O)C=CC1=O)C(=O)NC(CCCNC(N)=O)C(=O)Nc1ccc(COC(=O)N(C)CCCC(=O)Nc2ncnc3c2ncn3C2OC(CO[P+](=O)O)C(O[P+](=O)OCC3CC(F)C(n4cnc5c(N)ncnc54)O3)C2F)cc1. The highest BCUT2D eigenvalue weighted by molar-refractivity contribution is 7.33. The van der Waals surface area contributed by atoms with E-state index in [2.05, 4.69) is 56.5 Å². The third-order valence-electron chi connectivity index (χ3n) is 14.0. The van der Waals surface area contributed by atoms with Gasteiger partial charge in [-0.3, -0.25) is 42.8 Å². The molecule has 10 N–H and O–H groups in total. The highest BCUT2D eigenvalue weighted by atomic mass is 31.1. The van der Waals surface area contributed by atoms with Crippen LogP contribution >= 0.6 is 16.5 Å². The maximum Gasteiger partial charge on any atom is 0.697 e. The van der Waals surface area contributed by atoms with Gasteiger partial charge in [0.15, 0.2) is 53.2 Å². The number of urea groups is 1.